The standard InChI is InChI=1S/C5H5O3/c6-2-4-1-5(7)8-3-4/h4H,1,3H2/t4-/m1/s1. The number of cyclic esters (lactones) is 1. The summed E-state index contributed by atoms with van der Waals surface area (Å²) in [4.78, 5) is 20.0. The van der Waals surface area contributed by atoms with Gasteiger partial charge in [-0.15, -0.1) is 0 Å². The molecule has 0 aliphatic carbocycles. The molecule has 3 heteroatoms. The zero-order chi connectivity index (χ0) is 5.98. The maximum absolute atomic E-state index is 10.2. The van der Waals surface area contributed by atoms with E-state index in [2.05, 4.69) is 4.74 Å². The molecule has 1 aliphatic rings. The van der Waals surface area contributed by atoms with E-state index in [1.807, 2.05) is 0 Å². The molecule has 0 bridgehead atoms. The largest absolute Gasteiger partial charge is 0.465 e. The molecule has 0 amide bonds. The van der Waals surface area contributed by atoms with Gasteiger partial charge in [0.1, 0.15) is 6.61 Å². The fourth-order valence-electron chi connectivity index (χ4n) is 0.588. The Hall–Kier alpha value is -0.860. The van der Waals surface area contributed by atoms with Crippen LogP contribution in [0.2, 0.25) is 0 Å². The minimum atomic E-state index is -0.303. The maximum atomic E-state index is 10.2. The van der Waals surface area contributed by atoms with Crippen LogP contribution >= 0.6 is 0 Å². The van der Waals surface area contributed by atoms with E-state index < -0.39 is 0 Å². The molecule has 0 spiro atoms. The summed E-state index contributed by atoms with van der Waals surface area (Å²) in [5, 5.41) is 0. The molecule has 1 radical (unpaired) electrons. The van der Waals surface area contributed by atoms with Gasteiger partial charge in [0.2, 0.25) is 6.29 Å². The second-order valence-electron chi connectivity index (χ2n) is 1.70. The fourth-order valence-corrected chi connectivity index (χ4v) is 0.588. The van der Waals surface area contributed by atoms with Gasteiger partial charge in [-0.2, -0.15) is 0 Å². The third-order valence-corrected chi connectivity index (χ3v) is 1.03. The molecule has 1 atom stereocenters. The Kier molecular flexibility index (Phi) is 1.28. The lowest BCUT2D eigenvalue weighted by atomic mass is 10.1. The van der Waals surface area contributed by atoms with E-state index in [9.17, 15) is 9.59 Å². The molecular formula is C5H5O3. The first-order valence-corrected chi connectivity index (χ1v) is 2.36. The lowest BCUT2D eigenvalue weighted by molar-refractivity contribution is -0.137. The average Bonchev–Trinajstić information content (AvgIpc) is 2.14. The molecule has 0 aromatic carbocycles. The Morgan fingerprint density at radius 1 is 1.75 bits per heavy atom. The third kappa shape index (κ3) is 0.857. The zero-order valence-electron chi connectivity index (χ0n) is 4.22. The highest BCUT2D eigenvalue weighted by Gasteiger charge is 2.23. The van der Waals surface area contributed by atoms with Crippen LogP contribution in [0.3, 0.4) is 0 Å². The van der Waals surface area contributed by atoms with Gasteiger partial charge in [-0.25, -0.2) is 0 Å². The first-order chi connectivity index (χ1) is 3.83. The van der Waals surface area contributed by atoms with Crippen LogP contribution in [0.5, 0.6) is 0 Å². The zero-order valence-corrected chi connectivity index (χ0v) is 4.22. The second-order valence-corrected chi connectivity index (χ2v) is 1.70. The van der Waals surface area contributed by atoms with Gasteiger partial charge in [0.25, 0.3) is 0 Å². The molecule has 8 heavy (non-hydrogen) atoms. The first-order valence-electron chi connectivity index (χ1n) is 2.36. The van der Waals surface area contributed by atoms with Crippen molar-refractivity contribution in [2.24, 2.45) is 5.92 Å². The molecule has 0 aromatic heterocycles. The highest BCUT2D eigenvalue weighted by atomic mass is 16.5. The van der Waals surface area contributed by atoms with Crippen molar-refractivity contribution in [2.75, 3.05) is 6.61 Å². The topological polar surface area (TPSA) is 43.4 Å². The molecule has 1 heterocycles. The summed E-state index contributed by atoms with van der Waals surface area (Å²) in [5.41, 5.74) is 0. The summed E-state index contributed by atoms with van der Waals surface area (Å²) in [5.74, 6) is -0.596. The van der Waals surface area contributed by atoms with Gasteiger partial charge in [0.15, 0.2) is 0 Å². The van der Waals surface area contributed by atoms with Crippen LogP contribution < -0.4 is 0 Å². The minimum absolute atomic E-state index is 0.212. The summed E-state index contributed by atoms with van der Waals surface area (Å²) in [6, 6.07) is 0. The van der Waals surface area contributed by atoms with Gasteiger partial charge < -0.3 is 4.74 Å². The fraction of sp³-hybridized carbons (Fsp3) is 0.600. The Morgan fingerprint density at radius 2 is 2.50 bits per heavy atom. The highest BCUT2D eigenvalue weighted by Crippen LogP contribution is 2.09. The summed E-state index contributed by atoms with van der Waals surface area (Å²) in [6.07, 6.45) is 1.91. The van der Waals surface area contributed by atoms with E-state index in [0.717, 1.165) is 0 Å². The van der Waals surface area contributed by atoms with Crippen LogP contribution in [-0.2, 0) is 14.3 Å². The number of rotatable bonds is 1. The molecule has 1 rings (SSSR count). The summed E-state index contributed by atoms with van der Waals surface area (Å²) < 4.78 is 4.45. The summed E-state index contributed by atoms with van der Waals surface area (Å²) >= 11 is 0. The number of hydrogen-bond donors (Lipinski definition) is 0. The van der Waals surface area contributed by atoms with Crippen molar-refractivity contribution >= 4 is 12.3 Å². The minimum Gasteiger partial charge on any atom is -0.465 e. The Balaban J connectivity index is 2.43. The predicted molar refractivity (Wildman–Crippen MR) is 24.8 cm³/mol. The van der Waals surface area contributed by atoms with Gasteiger partial charge in [-0.3, -0.25) is 9.59 Å². The van der Waals surface area contributed by atoms with Crippen molar-refractivity contribution < 1.29 is 14.3 Å². The van der Waals surface area contributed by atoms with Crippen molar-refractivity contribution in [1.29, 1.82) is 0 Å². The van der Waals surface area contributed by atoms with Crippen LogP contribution in [0, 0.1) is 5.92 Å². The van der Waals surface area contributed by atoms with Crippen LogP contribution in [0.4, 0.5) is 0 Å². The van der Waals surface area contributed by atoms with Crippen LogP contribution in [0.25, 0.3) is 0 Å². The molecule has 43 valence electrons. The van der Waals surface area contributed by atoms with Gasteiger partial charge in [-0.05, 0) is 0 Å². The number of carbonyl (C=O) groups excluding carboxylic acids is 2. The van der Waals surface area contributed by atoms with Crippen molar-refractivity contribution in [3.63, 3.8) is 0 Å². The molecule has 3 nitrogen and oxygen atoms in total. The maximum Gasteiger partial charge on any atom is 0.306 e. The molecule has 0 saturated carbocycles. The number of esters is 1. The van der Waals surface area contributed by atoms with Crippen molar-refractivity contribution in [2.45, 2.75) is 6.42 Å². The van der Waals surface area contributed by atoms with E-state index in [1.165, 1.54) is 0 Å². The average molecular weight is 113 g/mol. The first kappa shape index (κ1) is 5.28. The Morgan fingerprint density at radius 3 is 2.75 bits per heavy atom. The monoisotopic (exact) mass is 113 g/mol. The van der Waals surface area contributed by atoms with Crippen LogP contribution in [-0.4, -0.2) is 18.9 Å². The Bertz CT molecular complexity index is 119. The highest BCUT2D eigenvalue weighted by molar-refractivity contribution is 5.76. The van der Waals surface area contributed by atoms with Gasteiger partial charge in [-0.1, -0.05) is 0 Å². The van der Waals surface area contributed by atoms with Crippen LogP contribution in [0.15, 0.2) is 0 Å². The second kappa shape index (κ2) is 1.94. The Labute approximate surface area is 46.6 Å². The third-order valence-electron chi connectivity index (χ3n) is 1.03. The van der Waals surface area contributed by atoms with E-state index in [-0.39, 0.29) is 24.9 Å². The van der Waals surface area contributed by atoms with E-state index >= 15 is 0 Å². The number of hydrogen-bond acceptors (Lipinski definition) is 3. The van der Waals surface area contributed by atoms with Crippen molar-refractivity contribution in [3.8, 4) is 0 Å². The van der Waals surface area contributed by atoms with E-state index in [0.29, 0.717) is 0 Å². The molecule has 0 unspecified atom stereocenters. The molecule has 0 aromatic rings. The number of carbonyl (C=O) groups is 1. The van der Waals surface area contributed by atoms with Gasteiger partial charge in [0.05, 0.1) is 12.3 Å². The summed E-state index contributed by atoms with van der Waals surface area (Å²) in [6.45, 7) is 0.225. The normalized spacial score (nSPS) is 27.5. The van der Waals surface area contributed by atoms with E-state index in [1.54, 1.807) is 6.29 Å². The lowest BCUT2D eigenvalue weighted by Gasteiger charge is -1.85. The van der Waals surface area contributed by atoms with Crippen molar-refractivity contribution in [1.82, 2.24) is 0 Å². The lowest BCUT2D eigenvalue weighted by Crippen LogP contribution is -1.98. The van der Waals surface area contributed by atoms with E-state index in [4.69, 9.17) is 0 Å². The number of ether oxygens (including phenoxy) is 1. The predicted octanol–water partition coefficient (Wildman–Crippen LogP) is -0.341. The molecule has 0 N–H and O–H groups in total. The van der Waals surface area contributed by atoms with Crippen molar-refractivity contribution in [3.05, 3.63) is 0 Å². The molecular weight excluding hydrogens is 108 g/mol. The molecule has 1 saturated heterocycles. The van der Waals surface area contributed by atoms with Gasteiger partial charge in [0, 0.05) is 0 Å². The van der Waals surface area contributed by atoms with Gasteiger partial charge >= 0.3 is 5.97 Å². The van der Waals surface area contributed by atoms with Crippen LogP contribution in [0.1, 0.15) is 6.42 Å². The molecule has 1 fully saturated rings. The summed E-state index contributed by atoms with van der Waals surface area (Å²) in [7, 11) is 0. The molecule has 1 aliphatic heterocycles. The smallest absolute Gasteiger partial charge is 0.306 e. The quantitative estimate of drug-likeness (QED) is 0.437. The SMILES string of the molecule is O=[C][C@@H]1COC(=O)C1.